The Labute approximate surface area is 203 Å². The number of allylic oxidation sites excluding steroid dienone is 10. The third kappa shape index (κ3) is 6.13. The van der Waals surface area contributed by atoms with Crippen LogP contribution < -0.4 is 5.32 Å². The number of aldehydes is 1. The topological polar surface area (TPSA) is 42.2 Å². The number of carbonyl (C=O) groups is 1. The van der Waals surface area contributed by atoms with E-state index < -0.39 is 0 Å². The van der Waals surface area contributed by atoms with Gasteiger partial charge >= 0.3 is 0 Å². The lowest BCUT2D eigenvalue weighted by Crippen LogP contribution is -2.04. The van der Waals surface area contributed by atoms with Gasteiger partial charge in [-0.1, -0.05) is 50.8 Å². The molecule has 0 aliphatic rings. The lowest BCUT2D eigenvalue weighted by Gasteiger charge is -2.15. The minimum absolute atomic E-state index is 0.315. The molecule has 0 fully saturated rings. The molecule has 0 radical (unpaired) electrons. The predicted molar refractivity (Wildman–Crippen MR) is 143 cm³/mol. The molecule has 1 unspecified atom stereocenters. The van der Waals surface area contributed by atoms with E-state index in [4.69, 9.17) is 4.42 Å². The maximum atomic E-state index is 13.8. The molecule has 2 aromatic rings. The standard InChI is InChI=1S/C30H36FNO2/c1-8-12-22(19-33)13-14-24-17-27-28(18-26(24)20(5)9-2)34-30(29(27)21(6)32-7)23(10-3)15-16-25(31)11-4/h8,10-13,15-20,32H,6,9,14H2,1-5,7H3/b12-8-,16-15-,22-13+,23-10+,25-11+. The van der Waals surface area contributed by atoms with Gasteiger partial charge in [-0.3, -0.25) is 4.79 Å². The highest BCUT2D eigenvalue weighted by Crippen LogP contribution is 2.38. The van der Waals surface area contributed by atoms with Gasteiger partial charge in [0.1, 0.15) is 23.5 Å². The minimum Gasteiger partial charge on any atom is -0.455 e. The first-order valence-electron chi connectivity index (χ1n) is 11.8. The second kappa shape index (κ2) is 12.7. The van der Waals surface area contributed by atoms with Gasteiger partial charge < -0.3 is 9.73 Å². The van der Waals surface area contributed by atoms with Gasteiger partial charge in [-0.25, -0.2) is 4.39 Å². The summed E-state index contributed by atoms with van der Waals surface area (Å²) >= 11 is 0. The SMILES string of the molecule is C=C(NC)c1c(C(/C=C\C(F)=C/C)=C/C)oc2cc(C(C)CC)c(C/C=C(C=O)\C=C/C)cc12. The van der Waals surface area contributed by atoms with E-state index in [9.17, 15) is 9.18 Å². The Morgan fingerprint density at radius 3 is 2.47 bits per heavy atom. The fraction of sp³-hybridized carbons (Fsp3) is 0.300. The average molecular weight is 462 g/mol. The summed E-state index contributed by atoms with van der Waals surface area (Å²) < 4.78 is 20.2. The van der Waals surface area contributed by atoms with Crippen molar-refractivity contribution in [3.8, 4) is 0 Å². The van der Waals surface area contributed by atoms with Crippen LogP contribution in [0.4, 0.5) is 4.39 Å². The molecule has 0 spiro atoms. The van der Waals surface area contributed by atoms with Gasteiger partial charge in [0.25, 0.3) is 0 Å². The number of halogens is 1. The summed E-state index contributed by atoms with van der Waals surface area (Å²) in [5.74, 6) is 0.649. The molecule has 0 saturated heterocycles. The summed E-state index contributed by atoms with van der Waals surface area (Å²) in [6, 6.07) is 4.24. The summed E-state index contributed by atoms with van der Waals surface area (Å²) in [7, 11) is 1.82. The molecule has 0 amide bonds. The van der Waals surface area contributed by atoms with Crippen LogP contribution in [0.3, 0.4) is 0 Å². The zero-order valence-corrected chi connectivity index (χ0v) is 21.2. The van der Waals surface area contributed by atoms with E-state index in [-0.39, 0.29) is 5.83 Å². The monoisotopic (exact) mass is 461 g/mol. The molecule has 1 aromatic carbocycles. The van der Waals surface area contributed by atoms with E-state index in [1.165, 1.54) is 17.7 Å². The van der Waals surface area contributed by atoms with Crippen LogP contribution in [0.1, 0.15) is 69.4 Å². The molecule has 2 rings (SSSR count). The predicted octanol–water partition coefficient (Wildman–Crippen LogP) is 8.21. The van der Waals surface area contributed by atoms with Crippen LogP contribution >= 0.6 is 0 Å². The Balaban J connectivity index is 2.81. The van der Waals surface area contributed by atoms with Crippen LogP contribution in [-0.2, 0) is 11.2 Å². The maximum Gasteiger partial charge on any atom is 0.149 e. The molecule has 1 atom stereocenters. The molecule has 4 heteroatoms. The van der Waals surface area contributed by atoms with Gasteiger partial charge in [0.2, 0.25) is 0 Å². The van der Waals surface area contributed by atoms with Crippen molar-refractivity contribution in [1.82, 2.24) is 5.32 Å². The number of furan rings is 1. The van der Waals surface area contributed by atoms with Crippen molar-refractivity contribution in [3.05, 3.63) is 95.1 Å². The van der Waals surface area contributed by atoms with E-state index in [0.717, 1.165) is 40.4 Å². The Morgan fingerprint density at radius 1 is 1.18 bits per heavy atom. The molecule has 1 N–H and O–H groups in total. The number of nitrogens with one attached hydrogen (secondary N) is 1. The van der Waals surface area contributed by atoms with Crippen LogP contribution in [0.5, 0.6) is 0 Å². The van der Waals surface area contributed by atoms with Crippen molar-refractivity contribution in [3.63, 3.8) is 0 Å². The molecule has 0 saturated carbocycles. The molecule has 180 valence electrons. The van der Waals surface area contributed by atoms with Crippen LogP contribution in [-0.4, -0.2) is 13.3 Å². The van der Waals surface area contributed by atoms with Gasteiger partial charge in [0.05, 0.1) is 5.56 Å². The smallest absolute Gasteiger partial charge is 0.149 e. The van der Waals surface area contributed by atoms with E-state index in [1.807, 2.05) is 45.2 Å². The molecule has 0 aliphatic carbocycles. The highest BCUT2D eigenvalue weighted by molar-refractivity contribution is 5.97. The normalized spacial score (nSPS) is 14.4. The quantitative estimate of drug-likeness (QED) is 0.208. The van der Waals surface area contributed by atoms with E-state index in [2.05, 4.69) is 37.9 Å². The zero-order chi connectivity index (χ0) is 25.3. The van der Waals surface area contributed by atoms with Crippen molar-refractivity contribution >= 4 is 28.5 Å². The Morgan fingerprint density at radius 2 is 1.91 bits per heavy atom. The first-order chi connectivity index (χ1) is 16.3. The van der Waals surface area contributed by atoms with Gasteiger partial charge in [-0.05, 0) is 74.9 Å². The largest absolute Gasteiger partial charge is 0.455 e. The number of hydrogen-bond acceptors (Lipinski definition) is 3. The third-order valence-corrected chi connectivity index (χ3v) is 6.02. The minimum atomic E-state index is -0.315. The summed E-state index contributed by atoms with van der Waals surface area (Å²) in [5.41, 5.74) is 6.07. The number of benzene rings is 1. The first-order valence-corrected chi connectivity index (χ1v) is 11.8. The molecule has 34 heavy (non-hydrogen) atoms. The van der Waals surface area contributed by atoms with Crippen molar-refractivity contribution in [2.24, 2.45) is 0 Å². The fourth-order valence-corrected chi connectivity index (χ4v) is 3.83. The van der Waals surface area contributed by atoms with Crippen LogP contribution in [0, 0.1) is 0 Å². The molecule has 0 aliphatic heterocycles. The third-order valence-electron chi connectivity index (χ3n) is 6.02. The van der Waals surface area contributed by atoms with E-state index in [1.54, 1.807) is 13.0 Å². The van der Waals surface area contributed by atoms with Crippen LogP contribution in [0.2, 0.25) is 0 Å². The lowest BCUT2D eigenvalue weighted by atomic mass is 9.89. The summed E-state index contributed by atoms with van der Waals surface area (Å²) in [5, 5.41) is 4.07. The highest BCUT2D eigenvalue weighted by atomic mass is 19.1. The molecular weight excluding hydrogens is 425 g/mol. The second-order valence-electron chi connectivity index (χ2n) is 8.17. The fourth-order valence-electron chi connectivity index (χ4n) is 3.83. The highest BCUT2D eigenvalue weighted by Gasteiger charge is 2.21. The summed E-state index contributed by atoms with van der Waals surface area (Å²) in [4.78, 5) is 11.4. The number of hydrogen-bond donors (Lipinski definition) is 1. The van der Waals surface area contributed by atoms with Crippen LogP contribution in [0.15, 0.2) is 77.1 Å². The van der Waals surface area contributed by atoms with Gasteiger partial charge in [0.15, 0.2) is 0 Å². The lowest BCUT2D eigenvalue weighted by molar-refractivity contribution is -0.104. The van der Waals surface area contributed by atoms with Crippen molar-refractivity contribution in [2.75, 3.05) is 7.05 Å². The van der Waals surface area contributed by atoms with Crippen molar-refractivity contribution < 1.29 is 13.6 Å². The second-order valence-corrected chi connectivity index (χ2v) is 8.17. The molecular formula is C30H36FNO2. The van der Waals surface area contributed by atoms with Gasteiger partial charge in [-0.15, -0.1) is 0 Å². The Hall–Kier alpha value is -3.40. The summed E-state index contributed by atoms with van der Waals surface area (Å²) in [6.45, 7) is 14.0. The maximum absolute atomic E-state index is 13.8. The molecule has 0 bridgehead atoms. The van der Waals surface area contributed by atoms with Gasteiger partial charge in [-0.2, -0.15) is 0 Å². The van der Waals surface area contributed by atoms with Crippen molar-refractivity contribution in [1.29, 1.82) is 0 Å². The average Bonchev–Trinajstić information content (AvgIpc) is 3.23. The first kappa shape index (κ1) is 26.8. The number of fused-ring (bicyclic) bond motifs is 1. The number of rotatable bonds is 11. The van der Waals surface area contributed by atoms with E-state index in [0.29, 0.717) is 29.4 Å². The molecule has 1 aromatic heterocycles. The summed E-state index contributed by atoms with van der Waals surface area (Å²) in [6.07, 6.45) is 14.6. The Bertz CT molecular complexity index is 1190. The van der Waals surface area contributed by atoms with Crippen molar-refractivity contribution in [2.45, 2.75) is 53.4 Å². The van der Waals surface area contributed by atoms with Crippen LogP contribution in [0.25, 0.3) is 22.2 Å². The zero-order valence-electron chi connectivity index (χ0n) is 21.2. The molecule has 3 nitrogen and oxygen atoms in total. The van der Waals surface area contributed by atoms with Gasteiger partial charge in [0, 0.05) is 29.3 Å². The molecule has 1 heterocycles. The number of carbonyl (C=O) groups excluding carboxylic acids is 1. The van der Waals surface area contributed by atoms with E-state index >= 15 is 0 Å². The Kier molecular flexibility index (Phi) is 10.1.